The lowest BCUT2D eigenvalue weighted by molar-refractivity contribution is -0.120. The van der Waals surface area contributed by atoms with Crippen molar-refractivity contribution in [3.8, 4) is 11.5 Å². The third-order valence-corrected chi connectivity index (χ3v) is 4.66. The predicted molar refractivity (Wildman–Crippen MR) is 114 cm³/mol. The van der Waals surface area contributed by atoms with Gasteiger partial charge < -0.3 is 30.2 Å². The van der Waals surface area contributed by atoms with E-state index < -0.39 is 0 Å². The summed E-state index contributed by atoms with van der Waals surface area (Å²) < 4.78 is 16.7. The molecule has 0 atom stereocenters. The SMILES string of the molecule is CCNC(=NCc1cccc(OC)c1OC1CCCC1)NCC(=O)NCCOC. The molecule has 0 aromatic heterocycles. The highest BCUT2D eigenvalue weighted by atomic mass is 16.5. The summed E-state index contributed by atoms with van der Waals surface area (Å²) in [5.41, 5.74) is 0.956. The lowest BCUT2D eigenvalue weighted by Gasteiger charge is -2.19. The Morgan fingerprint density at radius 2 is 1.97 bits per heavy atom. The quantitative estimate of drug-likeness (QED) is 0.295. The van der Waals surface area contributed by atoms with Crippen LogP contribution in [0.4, 0.5) is 0 Å². The lowest BCUT2D eigenvalue weighted by atomic mass is 10.1. The molecule has 1 amide bonds. The molecule has 0 radical (unpaired) electrons. The van der Waals surface area contributed by atoms with Gasteiger partial charge in [0.2, 0.25) is 5.91 Å². The molecule has 1 aliphatic carbocycles. The molecule has 0 bridgehead atoms. The van der Waals surface area contributed by atoms with Gasteiger partial charge in [-0.05, 0) is 38.7 Å². The maximum absolute atomic E-state index is 11.9. The minimum atomic E-state index is -0.112. The highest BCUT2D eigenvalue weighted by molar-refractivity contribution is 5.86. The summed E-state index contributed by atoms with van der Waals surface area (Å²) in [6.07, 6.45) is 4.78. The number of hydrogen-bond acceptors (Lipinski definition) is 5. The van der Waals surface area contributed by atoms with Gasteiger partial charge >= 0.3 is 0 Å². The molecule has 8 heteroatoms. The molecular formula is C21H34N4O4. The number of nitrogens with zero attached hydrogens (tertiary/aromatic N) is 1. The van der Waals surface area contributed by atoms with E-state index in [4.69, 9.17) is 14.2 Å². The van der Waals surface area contributed by atoms with Crippen LogP contribution in [0.15, 0.2) is 23.2 Å². The molecular weight excluding hydrogens is 372 g/mol. The van der Waals surface area contributed by atoms with Crippen LogP contribution in [0.2, 0.25) is 0 Å². The van der Waals surface area contributed by atoms with Crippen molar-refractivity contribution in [3.05, 3.63) is 23.8 Å². The van der Waals surface area contributed by atoms with Gasteiger partial charge in [0.1, 0.15) is 0 Å². The maximum Gasteiger partial charge on any atom is 0.239 e. The minimum Gasteiger partial charge on any atom is -0.493 e. The summed E-state index contributed by atoms with van der Waals surface area (Å²) in [7, 11) is 3.25. The topological polar surface area (TPSA) is 93.2 Å². The highest BCUT2D eigenvalue weighted by Crippen LogP contribution is 2.35. The van der Waals surface area contributed by atoms with Crippen molar-refractivity contribution in [1.29, 1.82) is 0 Å². The zero-order valence-corrected chi connectivity index (χ0v) is 17.8. The first-order valence-electron chi connectivity index (χ1n) is 10.3. The number of hydrogen-bond donors (Lipinski definition) is 3. The van der Waals surface area contributed by atoms with Gasteiger partial charge in [-0.25, -0.2) is 4.99 Å². The number of ether oxygens (including phenoxy) is 3. The minimum absolute atomic E-state index is 0.112. The standard InChI is InChI=1S/C21H34N4O4/c1-4-22-21(25-15-19(26)23-12-13-27-2)24-14-16-8-7-11-18(28-3)20(16)29-17-9-5-6-10-17/h7-8,11,17H,4-6,9-10,12-15H2,1-3H3,(H,23,26)(H2,22,24,25). The van der Waals surface area contributed by atoms with Gasteiger partial charge in [-0.1, -0.05) is 12.1 Å². The zero-order valence-electron chi connectivity index (χ0n) is 17.8. The first-order chi connectivity index (χ1) is 14.2. The molecule has 0 spiro atoms. The molecule has 1 saturated carbocycles. The molecule has 0 unspecified atom stereocenters. The van der Waals surface area contributed by atoms with Crippen LogP contribution in [-0.4, -0.2) is 58.4 Å². The van der Waals surface area contributed by atoms with Gasteiger partial charge in [0.15, 0.2) is 17.5 Å². The third kappa shape index (κ3) is 7.81. The number of aliphatic imine (C=N–C) groups is 1. The summed E-state index contributed by atoms with van der Waals surface area (Å²) in [5.74, 6) is 1.95. The average Bonchev–Trinajstić information content (AvgIpc) is 3.24. The molecule has 8 nitrogen and oxygen atoms in total. The van der Waals surface area contributed by atoms with Crippen LogP contribution in [0.5, 0.6) is 11.5 Å². The Hall–Kier alpha value is -2.48. The van der Waals surface area contributed by atoms with Gasteiger partial charge in [0, 0.05) is 25.8 Å². The van der Waals surface area contributed by atoms with E-state index in [1.165, 1.54) is 12.8 Å². The smallest absolute Gasteiger partial charge is 0.239 e. The van der Waals surface area contributed by atoms with E-state index in [-0.39, 0.29) is 18.6 Å². The first-order valence-corrected chi connectivity index (χ1v) is 10.3. The van der Waals surface area contributed by atoms with E-state index in [1.807, 2.05) is 25.1 Å². The number of guanidine groups is 1. The largest absolute Gasteiger partial charge is 0.493 e. The Bertz CT molecular complexity index is 660. The summed E-state index contributed by atoms with van der Waals surface area (Å²) in [6.45, 7) is 4.20. The number of carbonyl (C=O) groups excluding carboxylic acids is 1. The van der Waals surface area contributed by atoms with Crippen molar-refractivity contribution in [2.75, 3.05) is 40.5 Å². The molecule has 2 rings (SSSR count). The number of nitrogens with one attached hydrogen (secondary N) is 3. The zero-order chi connectivity index (χ0) is 20.9. The third-order valence-electron chi connectivity index (χ3n) is 4.66. The lowest BCUT2D eigenvalue weighted by Crippen LogP contribution is -2.43. The molecule has 0 heterocycles. The second-order valence-electron chi connectivity index (χ2n) is 6.86. The monoisotopic (exact) mass is 406 g/mol. The molecule has 3 N–H and O–H groups in total. The predicted octanol–water partition coefficient (Wildman–Crippen LogP) is 1.83. The van der Waals surface area contributed by atoms with Crippen LogP contribution in [0.3, 0.4) is 0 Å². The Morgan fingerprint density at radius 3 is 2.66 bits per heavy atom. The molecule has 29 heavy (non-hydrogen) atoms. The van der Waals surface area contributed by atoms with E-state index in [0.717, 1.165) is 29.9 Å². The summed E-state index contributed by atoms with van der Waals surface area (Å²) >= 11 is 0. The average molecular weight is 407 g/mol. The number of methoxy groups -OCH3 is 2. The Balaban J connectivity index is 2.02. The second-order valence-corrected chi connectivity index (χ2v) is 6.86. The fraction of sp³-hybridized carbons (Fsp3) is 0.619. The van der Waals surface area contributed by atoms with Crippen molar-refractivity contribution in [3.63, 3.8) is 0 Å². The molecule has 0 aliphatic heterocycles. The van der Waals surface area contributed by atoms with Gasteiger partial charge in [-0.15, -0.1) is 0 Å². The van der Waals surface area contributed by atoms with Crippen LogP contribution in [-0.2, 0) is 16.1 Å². The first kappa shape index (κ1) is 22.8. The molecule has 1 aliphatic rings. The Morgan fingerprint density at radius 1 is 1.17 bits per heavy atom. The van der Waals surface area contributed by atoms with Crippen LogP contribution in [0.1, 0.15) is 38.2 Å². The van der Waals surface area contributed by atoms with Gasteiger partial charge in [0.25, 0.3) is 0 Å². The number of rotatable bonds is 11. The van der Waals surface area contributed by atoms with E-state index in [1.54, 1.807) is 14.2 Å². The molecule has 1 aromatic carbocycles. The van der Waals surface area contributed by atoms with E-state index in [2.05, 4.69) is 20.9 Å². The number of amides is 1. The van der Waals surface area contributed by atoms with Crippen molar-refractivity contribution >= 4 is 11.9 Å². The van der Waals surface area contributed by atoms with E-state index in [0.29, 0.717) is 32.2 Å². The van der Waals surface area contributed by atoms with Crippen molar-refractivity contribution in [2.24, 2.45) is 4.99 Å². The molecule has 1 fully saturated rings. The normalized spacial score (nSPS) is 14.5. The van der Waals surface area contributed by atoms with Gasteiger partial charge in [-0.2, -0.15) is 0 Å². The summed E-state index contributed by atoms with van der Waals surface area (Å²) in [6, 6.07) is 5.84. The molecule has 0 saturated heterocycles. The summed E-state index contributed by atoms with van der Waals surface area (Å²) in [4.78, 5) is 16.5. The summed E-state index contributed by atoms with van der Waals surface area (Å²) in [5, 5.41) is 8.99. The van der Waals surface area contributed by atoms with Crippen LogP contribution >= 0.6 is 0 Å². The van der Waals surface area contributed by atoms with Crippen LogP contribution in [0, 0.1) is 0 Å². The van der Waals surface area contributed by atoms with E-state index >= 15 is 0 Å². The number of carbonyl (C=O) groups is 1. The highest BCUT2D eigenvalue weighted by Gasteiger charge is 2.20. The fourth-order valence-corrected chi connectivity index (χ4v) is 3.18. The second kappa shape index (κ2) is 12.9. The Kier molecular flexibility index (Phi) is 10.1. The molecule has 1 aromatic rings. The Labute approximate surface area is 173 Å². The number of benzene rings is 1. The number of para-hydroxylation sites is 1. The van der Waals surface area contributed by atoms with Crippen molar-refractivity contribution in [2.45, 2.75) is 45.3 Å². The van der Waals surface area contributed by atoms with Crippen molar-refractivity contribution in [1.82, 2.24) is 16.0 Å². The van der Waals surface area contributed by atoms with Gasteiger partial charge in [-0.3, -0.25) is 4.79 Å². The van der Waals surface area contributed by atoms with Crippen LogP contribution in [0.25, 0.3) is 0 Å². The van der Waals surface area contributed by atoms with E-state index in [9.17, 15) is 4.79 Å². The van der Waals surface area contributed by atoms with Crippen molar-refractivity contribution < 1.29 is 19.0 Å². The van der Waals surface area contributed by atoms with Gasteiger partial charge in [0.05, 0.1) is 32.9 Å². The molecule has 162 valence electrons. The maximum atomic E-state index is 11.9. The fourth-order valence-electron chi connectivity index (χ4n) is 3.18. The van der Waals surface area contributed by atoms with Crippen LogP contribution < -0.4 is 25.4 Å².